The highest BCUT2D eigenvalue weighted by atomic mass is 16.2. The second-order valence-electron chi connectivity index (χ2n) is 5.48. The molecule has 0 fully saturated rings. The number of carbonyl (C=O) groups is 1. The van der Waals surface area contributed by atoms with Crippen molar-refractivity contribution < 1.29 is 4.79 Å². The quantitative estimate of drug-likeness (QED) is 0.593. The lowest BCUT2D eigenvalue weighted by atomic mass is 10.2. The van der Waals surface area contributed by atoms with Crippen LogP contribution in [0.4, 0.5) is 0 Å². The average Bonchev–Trinajstić information content (AvgIpc) is 2.94. The predicted octanol–water partition coefficient (Wildman–Crippen LogP) is 3.25. The van der Waals surface area contributed by atoms with Gasteiger partial charge in [0.05, 0.1) is 6.21 Å². The molecule has 3 rings (SSSR count). The monoisotopic (exact) mass is 318 g/mol. The molecule has 24 heavy (non-hydrogen) atoms. The fourth-order valence-electron chi connectivity index (χ4n) is 2.52. The summed E-state index contributed by atoms with van der Waals surface area (Å²) in [5.74, 6) is -0.243. The molecule has 0 aliphatic heterocycles. The van der Waals surface area contributed by atoms with E-state index in [1.165, 1.54) is 0 Å². The molecule has 5 nitrogen and oxygen atoms in total. The van der Waals surface area contributed by atoms with E-state index in [9.17, 15) is 4.79 Å². The highest BCUT2D eigenvalue weighted by molar-refractivity contribution is 5.95. The number of amides is 1. The van der Waals surface area contributed by atoms with Gasteiger partial charge in [0, 0.05) is 35.0 Å². The van der Waals surface area contributed by atoms with Crippen molar-refractivity contribution in [1.29, 1.82) is 0 Å². The number of nitrogens with zero attached hydrogens (tertiary/aromatic N) is 3. The van der Waals surface area contributed by atoms with E-state index in [1.54, 1.807) is 30.7 Å². The molecule has 0 spiro atoms. The first-order valence-corrected chi connectivity index (χ1v) is 7.64. The number of nitrogens with one attached hydrogen (secondary N) is 1. The first kappa shape index (κ1) is 15.7. The van der Waals surface area contributed by atoms with Crippen LogP contribution in [0.1, 0.15) is 27.3 Å². The molecule has 0 unspecified atom stereocenters. The summed E-state index contributed by atoms with van der Waals surface area (Å²) in [5.41, 5.74) is 7.32. The maximum absolute atomic E-state index is 12.1. The summed E-state index contributed by atoms with van der Waals surface area (Å²) in [6, 6.07) is 15.2. The number of aryl methyl sites for hydroxylation is 2. The summed E-state index contributed by atoms with van der Waals surface area (Å²) >= 11 is 0. The van der Waals surface area contributed by atoms with Gasteiger partial charge in [0.2, 0.25) is 0 Å². The van der Waals surface area contributed by atoms with Gasteiger partial charge >= 0.3 is 0 Å². The maximum Gasteiger partial charge on any atom is 0.271 e. The normalized spacial score (nSPS) is 10.9. The van der Waals surface area contributed by atoms with E-state index in [1.807, 2.05) is 24.3 Å². The summed E-state index contributed by atoms with van der Waals surface area (Å²) in [6.07, 6.45) is 4.93. The Labute approximate surface area is 140 Å². The Balaban J connectivity index is 1.69. The molecule has 0 aliphatic carbocycles. The zero-order chi connectivity index (χ0) is 16.9. The van der Waals surface area contributed by atoms with E-state index in [0.717, 1.165) is 22.6 Å². The summed E-state index contributed by atoms with van der Waals surface area (Å²) in [7, 11) is 0. The zero-order valence-corrected chi connectivity index (χ0v) is 13.6. The molecule has 0 aliphatic rings. The third-order valence-electron chi connectivity index (χ3n) is 3.74. The molecule has 120 valence electrons. The Morgan fingerprint density at radius 2 is 1.62 bits per heavy atom. The van der Waals surface area contributed by atoms with Crippen LogP contribution in [0.25, 0.3) is 5.69 Å². The van der Waals surface area contributed by atoms with E-state index in [4.69, 9.17) is 0 Å². The molecule has 2 aromatic heterocycles. The van der Waals surface area contributed by atoms with Gasteiger partial charge in [0.25, 0.3) is 5.91 Å². The molecular formula is C19H18N4O. The SMILES string of the molecule is Cc1ccc(C)n1-c1ccc(C(=O)N/N=C\c2ccncc2)cc1. The van der Waals surface area contributed by atoms with Crippen molar-refractivity contribution in [2.24, 2.45) is 5.10 Å². The van der Waals surface area contributed by atoms with Crippen LogP contribution >= 0.6 is 0 Å². The van der Waals surface area contributed by atoms with Crippen molar-refractivity contribution in [3.63, 3.8) is 0 Å². The fraction of sp³-hybridized carbons (Fsp3) is 0.105. The second kappa shape index (κ2) is 6.91. The van der Waals surface area contributed by atoms with Crippen molar-refractivity contribution in [1.82, 2.24) is 15.0 Å². The Morgan fingerprint density at radius 3 is 2.25 bits per heavy atom. The maximum atomic E-state index is 12.1. The third-order valence-corrected chi connectivity index (χ3v) is 3.74. The lowest BCUT2D eigenvalue weighted by molar-refractivity contribution is 0.0955. The number of hydrogen-bond donors (Lipinski definition) is 1. The van der Waals surface area contributed by atoms with Crippen molar-refractivity contribution in [2.45, 2.75) is 13.8 Å². The van der Waals surface area contributed by atoms with Crippen LogP contribution in [-0.4, -0.2) is 21.7 Å². The van der Waals surface area contributed by atoms with Gasteiger partial charge in [-0.1, -0.05) is 0 Å². The molecule has 0 bridgehead atoms. The van der Waals surface area contributed by atoms with Crippen LogP contribution in [0.3, 0.4) is 0 Å². The first-order chi connectivity index (χ1) is 11.6. The van der Waals surface area contributed by atoms with Crippen LogP contribution in [-0.2, 0) is 0 Å². The molecule has 3 aromatic rings. The summed E-state index contributed by atoms with van der Waals surface area (Å²) in [4.78, 5) is 16.0. The highest BCUT2D eigenvalue weighted by Crippen LogP contribution is 2.16. The van der Waals surface area contributed by atoms with Gasteiger partial charge in [-0.2, -0.15) is 5.10 Å². The minimum absolute atomic E-state index is 0.243. The Hall–Kier alpha value is -3.21. The third kappa shape index (κ3) is 3.41. The Morgan fingerprint density at radius 1 is 1.00 bits per heavy atom. The van der Waals surface area contributed by atoms with Gasteiger partial charge in [-0.15, -0.1) is 0 Å². The van der Waals surface area contributed by atoms with E-state index in [-0.39, 0.29) is 5.91 Å². The first-order valence-electron chi connectivity index (χ1n) is 7.64. The predicted molar refractivity (Wildman–Crippen MR) is 94.5 cm³/mol. The Kier molecular flexibility index (Phi) is 4.52. The van der Waals surface area contributed by atoms with Crippen LogP contribution in [0.5, 0.6) is 0 Å². The van der Waals surface area contributed by atoms with Gasteiger partial charge in [0.15, 0.2) is 0 Å². The molecule has 0 saturated heterocycles. The summed E-state index contributed by atoms with van der Waals surface area (Å²) < 4.78 is 2.14. The van der Waals surface area contributed by atoms with Crippen molar-refractivity contribution in [3.8, 4) is 5.69 Å². The molecule has 1 N–H and O–H groups in total. The van der Waals surface area contributed by atoms with Gasteiger partial charge in [-0.3, -0.25) is 9.78 Å². The number of pyridine rings is 1. The number of carbonyl (C=O) groups excluding carboxylic acids is 1. The number of rotatable bonds is 4. The Bertz CT molecular complexity index is 845. The minimum atomic E-state index is -0.243. The van der Waals surface area contributed by atoms with Gasteiger partial charge in [0.1, 0.15) is 0 Å². The highest BCUT2D eigenvalue weighted by Gasteiger charge is 2.07. The zero-order valence-electron chi connectivity index (χ0n) is 13.6. The molecule has 0 saturated carbocycles. The van der Waals surface area contributed by atoms with Gasteiger partial charge < -0.3 is 4.57 Å². The van der Waals surface area contributed by atoms with Crippen LogP contribution in [0, 0.1) is 13.8 Å². The molecule has 1 amide bonds. The van der Waals surface area contributed by atoms with Gasteiger partial charge in [-0.25, -0.2) is 5.43 Å². The molecular weight excluding hydrogens is 300 g/mol. The van der Waals surface area contributed by atoms with Gasteiger partial charge in [-0.05, 0) is 67.9 Å². The summed E-state index contributed by atoms with van der Waals surface area (Å²) in [6.45, 7) is 4.11. The van der Waals surface area contributed by atoms with E-state index < -0.39 is 0 Å². The smallest absolute Gasteiger partial charge is 0.271 e. The average molecular weight is 318 g/mol. The lowest BCUT2D eigenvalue weighted by Gasteiger charge is -2.10. The molecule has 0 radical (unpaired) electrons. The second-order valence-corrected chi connectivity index (χ2v) is 5.48. The lowest BCUT2D eigenvalue weighted by Crippen LogP contribution is -2.17. The molecule has 5 heteroatoms. The number of aromatic nitrogens is 2. The van der Waals surface area contributed by atoms with Crippen LogP contribution in [0.15, 0.2) is 66.0 Å². The van der Waals surface area contributed by atoms with E-state index in [0.29, 0.717) is 5.56 Å². The molecule has 0 atom stereocenters. The standard InChI is InChI=1S/C19H18N4O/c1-14-3-4-15(2)23(14)18-7-5-17(6-8-18)19(24)22-21-13-16-9-11-20-12-10-16/h3-13H,1-2H3,(H,22,24)/b21-13-. The number of benzene rings is 1. The van der Waals surface area contributed by atoms with Crippen molar-refractivity contribution in [3.05, 3.63) is 83.4 Å². The van der Waals surface area contributed by atoms with Crippen molar-refractivity contribution >= 4 is 12.1 Å². The minimum Gasteiger partial charge on any atom is -0.319 e. The largest absolute Gasteiger partial charge is 0.319 e. The topological polar surface area (TPSA) is 59.3 Å². The van der Waals surface area contributed by atoms with Crippen LogP contribution in [0.2, 0.25) is 0 Å². The fourth-order valence-corrected chi connectivity index (χ4v) is 2.52. The van der Waals surface area contributed by atoms with Crippen LogP contribution < -0.4 is 5.43 Å². The summed E-state index contributed by atoms with van der Waals surface area (Å²) in [5, 5.41) is 3.96. The number of hydrazone groups is 1. The van der Waals surface area contributed by atoms with Crippen molar-refractivity contribution in [2.75, 3.05) is 0 Å². The number of hydrogen-bond acceptors (Lipinski definition) is 3. The van der Waals surface area contributed by atoms with E-state index >= 15 is 0 Å². The van der Waals surface area contributed by atoms with E-state index in [2.05, 4.69) is 46.1 Å². The molecule has 1 aromatic carbocycles. The molecule has 2 heterocycles.